The molecule has 0 radical (unpaired) electrons. The Kier molecular flexibility index (Phi) is 20.7. The molecule has 8 rings (SSSR count). The smallest absolute Gasteiger partial charge is 0.338 e. The third-order valence-corrected chi connectivity index (χ3v) is 17.1. The van der Waals surface area contributed by atoms with Crippen molar-refractivity contribution >= 4 is 29.8 Å². The van der Waals surface area contributed by atoms with Gasteiger partial charge in [0, 0.05) is 30.6 Å². The molecule has 0 N–H and O–H groups in total. The lowest BCUT2D eigenvalue weighted by Crippen LogP contribution is -2.57. The van der Waals surface area contributed by atoms with Crippen LogP contribution in [0.3, 0.4) is 0 Å². The SMILES string of the molecule is CC(=O)OCC1OC(OCC2OC(OCC3OC(OCC4OC(C)C(OC(=O)c5ccccc5)C(C)C4C)C(OC(=O)c4ccccc4)C(C)C3C)C(OC(=O)c3ccccc3)C(C)C2C)C(OC(=O)c2ccccc2)C(C)C1C. The van der Waals surface area contributed by atoms with Gasteiger partial charge in [0.2, 0.25) is 0 Å². The molecule has 0 aromatic heterocycles. The van der Waals surface area contributed by atoms with Gasteiger partial charge in [0.15, 0.2) is 37.2 Å². The van der Waals surface area contributed by atoms with Crippen LogP contribution in [0, 0.1) is 47.3 Å². The summed E-state index contributed by atoms with van der Waals surface area (Å²) in [6.45, 7) is 19.0. The predicted molar refractivity (Wildman–Crippen MR) is 291 cm³/mol. The highest BCUT2D eigenvalue weighted by molar-refractivity contribution is 5.91. The summed E-state index contributed by atoms with van der Waals surface area (Å²) in [7, 11) is 0. The molecule has 80 heavy (non-hydrogen) atoms. The van der Waals surface area contributed by atoms with Gasteiger partial charge in [-0.15, -0.1) is 0 Å². The molecule has 4 aliphatic heterocycles. The maximum absolute atomic E-state index is 13.8. The van der Waals surface area contributed by atoms with Gasteiger partial charge in [-0.25, -0.2) is 19.2 Å². The van der Waals surface area contributed by atoms with Gasteiger partial charge in [-0.1, -0.05) is 128 Å². The standard InChI is InChI=1S/C63H78O17/c1-35-39(5)53(77-57(65)45-23-15-11-16-24-45)43(9)73-49(35)32-70-61-55(79-59(67)47-27-19-13-20-28-47)41(7)37(3)51(75-61)34-72-63-56(80-60(68)48-29-21-14-22-30-48)42(8)38(4)52(76-63)33-71-62-54(78-58(66)46-25-17-12-18-26-46)40(6)36(2)50(74-62)31-69-44(10)64/h11-30,35-43,49-56,61-63H,31-34H2,1-10H3. The second-order valence-electron chi connectivity index (χ2n) is 22.1. The van der Waals surface area contributed by atoms with Gasteiger partial charge in [0.25, 0.3) is 0 Å². The minimum absolute atomic E-state index is 0.0271. The molecule has 17 nitrogen and oxygen atoms in total. The Morgan fingerprint density at radius 1 is 0.338 bits per heavy atom. The Hall–Kier alpha value is -6.05. The van der Waals surface area contributed by atoms with Crippen molar-refractivity contribution in [3.63, 3.8) is 0 Å². The van der Waals surface area contributed by atoms with Crippen molar-refractivity contribution in [2.45, 2.75) is 143 Å². The number of rotatable bonds is 19. The average molecular weight is 1110 g/mol. The van der Waals surface area contributed by atoms with Crippen LogP contribution in [0.2, 0.25) is 0 Å². The van der Waals surface area contributed by atoms with E-state index in [1.54, 1.807) is 97.1 Å². The molecule has 17 heteroatoms. The van der Waals surface area contributed by atoms with Gasteiger partial charge < -0.3 is 56.8 Å². The van der Waals surface area contributed by atoms with Crippen LogP contribution in [0.4, 0.5) is 0 Å². The first-order valence-corrected chi connectivity index (χ1v) is 28.0. The molecule has 20 unspecified atom stereocenters. The van der Waals surface area contributed by atoms with Crippen LogP contribution < -0.4 is 0 Å². The molecule has 4 saturated heterocycles. The van der Waals surface area contributed by atoms with E-state index in [0.717, 1.165) is 0 Å². The minimum Gasteiger partial charge on any atom is -0.463 e. The number of hydrogen-bond donors (Lipinski definition) is 0. The van der Waals surface area contributed by atoms with Crippen molar-refractivity contribution in [2.75, 3.05) is 26.4 Å². The van der Waals surface area contributed by atoms with Crippen molar-refractivity contribution in [3.8, 4) is 0 Å². The van der Waals surface area contributed by atoms with Crippen LogP contribution in [0.5, 0.6) is 0 Å². The average Bonchev–Trinajstić information content (AvgIpc) is 3.51. The topological polar surface area (TPSA) is 196 Å². The van der Waals surface area contributed by atoms with E-state index in [2.05, 4.69) is 0 Å². The fraction of sp³-hybridized carbons (Fsp3) is 0.540. The molecule has 0 spiro atoms. The van der Waals surface area contributed by atoms with E-state index in [9.17, 15) is 24.0 Å². The van der Waals surface area contributed by atoms with Crippen molar-refractivity contribution < 1.29 is 80.8 Å². The van der Waals surface area contributed by atoms with Gasteiger partial charge in [-0.05, 0) is 79.1 Å². The Labute approximate surface area is 469 Å². The largest absolute Gasteiger partial charge is 0.463 e. The van der Waals surface area contributed by atoms with Gasteiger partial charge in [0.1, 0.15) is 12.7 Å². The van der Waals surface area contributed by atoms with Crippen LogP contribution in [0.15, 0.2) is 121 Å². The molecule has 0 saturated carbocycles. The first kappa shape index (κ1) is 60.1. The Bertz CT molecular complexity index is 2640. The first-order chi connectivity index (χ1) is 38.4. The summed E-state index contributed by atoms with van der Waals surface area (Å²) in [6.07, 6.45) is -9.23. The summed E-state index contributed by atoms with van der Waals surface area (Å²) >= 11 is 0. The monoisotopic (exact) mass is 1110 g/mol. The lowest BCUT2D eigenvalue weighted by Gasteiger charge is -2.47. The van der Waals surface area contributed by atoms with Gasteiger partial charge in [0.05, 0.1) is 72.6 Å². The minimum atomic E-state index is -1.14. The summed E-state index contributed by atoms with van der Waals surface area (Å²) < 4.78 is 76.7. The van der Waals surface area contributed by atoms with Crippen LogP contribution in [-0.2, 0) is 61.6 Å². The van der Waals surface area contributed by atoms with Crippen molar-refractivity contribution in [1.29, 1.82) is 0 Å². The summed E-state index contributed by atoms with van der Waals surface area (Å²) in [5, 5.41) is 0. The Morgan fingerprint density at radius 2 is 0.588 bits per heavy atom. The molecule has 4 heterocycles. The number of carbonyl (C=O) groups excluding carboxylic acids is 5. The van der Waals surface area contributed by atoms with E-state index >= 15 is 0 Å². The van der Waals surface area contributed by atoms with Crippen molar-refractivity contribution in [1.82, 2.24) is 0 Å². The number of ether oxygens (including phenoxy) is 12. The van der Waals surface area contributed by atoms with Crippen molar-refractivity contribution in [2.24, 2.45) is 47.3 Å². The zero-order valence-corrected chi connectivity index (χ0v) is 47.4. The number of carbonyl (C=O) groups is 5. The third-order valence-electron chi connectivity index (χ3n) is 17.1. The second kappa shape index (κ2) is 27.6. The molecule has 4 fully saturated rings. The summed E-state index contributed by atoms with van der Waals surface area (Å²) in [6, 6.07) is 34.9. The highest BCUT2D eigenvalue weighted by atomic mass is 16.8. The number of esters is 5. The summed E-state index contributed by atoms with van der Waals surface area (Å²) in [5.41, 5.74) is 1.55. The molecule has 4 aliphatic rings. The third kappa shape index (κ3) is 14.5. The van der Waals surface area contributed by atoms with Gasteiger partial charge >= 0.3 is 29.8 Å². The fourth-order valence-electron chi connectivity index (χ4n) is 11.0. The van der Waals surface area contributed by atoms with E-state index in [1.165, 1.54) is 6.92 Å². The second-order valence-corrected chi connectivity index (χ2v) is 22.1. The van der Waals surface area contributed by atoms with Gasteiger partial charge in [-0.2, -0.15) is 0 Å². The van der Waals surface area contributed by atoms with E-state index in [0.29, 0.717) is 22.3 Å². The zero-order chi connectivity index (χ0) is 57.2. The lowest BCUT2D eigenvalue weighted by molar-refractivity contribution is -0.322. The Balaban J connectivity index is 1.00. The number of benzene rings is 4. The molecular formula is C63H78O17. The maximum atomic E-state index is 13.8. The molecule has 0 bridgehead atoms. The normalized spacial score (nSPS) is 34.3. The van der Waals surface area contributed by atoms with Crippen LogP contribution in [-0.4, -0.2) is 130 Å². The van der Waals surface area contributed by atoms with Gasteiger partial charge in [-0.3, -0.25) is 4.79 Å². The van der Waals surface area contributed by atoms with E-state index < -0.39 is 104 Å². The fourth-order valence-corrected chi connectivity index (χ4v) is 11.0. The molecule has 4 aromatic rings. The zero-order valence-electron chi connectivity index (χ0n) is 47.4. The highest BCUT2D eigenvalue weighted by Crippen LogP contribution is 2.40. The molecular weight excluding hydrogens is 1030 g/mol. The van der Waals surface area contributed by atoms with E-state index in [-0.39, 0.29) is 73.8 Å². The van der Waals surface area contributed by atoms with Crippen LogP contribution in [0.1, 0.15) is 111 Å². The van der Waals surface area contributed by atoms with E-state index in [4.69, 9.17) is 56.8 Å². The first-order valence-electron chi connectivity index (χ1n) is 28.0. The van der Waals surface area contributed by atoms with Crippen LogP contribution >= 0.6 is 0 Å². The summed E-state index contributed by atoms with van der Waals surface area (Å²) in [4.78, 5) is 66.2. The number of hydrogen-bond acceptors (Lipinski definition) is 17. The van der Waals surface area contributed by atoms with E-state index in [1.807, 2.05) is 86.6 Å². The summed E-state index contributed by atoms with van der Waals surface area (Å²) in [5.74, 6) is -4.48. The molecule has 0 aliphatic carbocycles. The lowest BCUT2D eigenvalue weighted by atomic mass is 9.81. The predicted octanol–water partition coefficient (Wildman–Crippen LogP) is 9.55. The maximum Gasteiger partial charge on any atom is 0.338 e. The molecule has 4 aromatic carbocycles. The quantitative estimate of drug-likeness (QED) is 0.0635. The molecule has 20 atom stereocenters. The van der Waals surface area contributed by atoms with Crippen LogP contribution in [0.25, 0.3) is 0 Å². The van der Waals surface area contributed by atoms with Crippen molar-refractivity contribution in [3.05, 3.63) is 144 Å². The highest BCUT2D eigenvalue weighted by Gasteiger charge is 2.51. The molecule has 0 amide bonds. The molecule has 432 valence electrons. The Morgan fingerprint density at radius 3 is 0.875 bits per heavy atom.